The highest BCUT2D eigenvalue weighted by Gasteiger charge is 2.45. The summed E-state index contributed by atoms with van der Waals surface area (Å²) in [4.78, 5) is 40.5. The molecule has 1 atom stereocenters. The molecule has 0 fully saturated rings. The molecule has 10 heteroatoms. The van der Waals surface area contributed by atoms with Gasteiger partial charge in [-0.25, -0.2) is 0 Å². The maximum atomic E-state index is 14.1. The van der Waals surface area contributed by atoms with Gasteiger partial charge in [0.25, 0.3) is 5.97 Å². The van der Waals surface area contributed by atoms with Crippen molar-refractivity contribution in [2.75, 3.05) is 6.54 Å². The number of nitrogens with two attached hydrogens (primary N) is 3. The summed E-state index contributed by atoms with van der Waals surface area (Å²) in [5.74, 6) is -2.51. The van der Waals surface area contributed by atoms with E-state index in [1.54, 1.807) is 12.1 Å². The third-order valence-corrected chi connectivity index (χ3v) is 5.79. The molecule has 0 saturated heterocycles. The monoisotopic (exact) mass is 533 g/mol. The number of nitrogens with zero attached hydrogens (tertiary/aromatic N) is 1. The van der Waals surface area contributed by atoms with E-state index in [9.17, 15) is 14.7 Å². The van der Waals surface area contributed by atoms with Crippen molar-refractivity contribution in [3.63, 3.8) is 0 Å². The van der Waals surface area contributed by atoms with E-state index in [0.29, 0.717) is 6.42 Å². The van der Waals surface area contributed by atoms with Crippen molar-refractivity contribution in [2.45, 2.75) is 37.8 Å². The Kier molecular flexibility index (Phi) is 11.7. The van der Waals surface area contributed by atoms with Gasteiger partial charge in [0.15, 0.2) is 17.3 Å². The first-order valence-electron chi connectivity index (χ1n) is 12.3. The average Bonchev–Trinajstić information content (AvgIpc) is 2.91. The Morgan fingerprint density at radius 3 is 1.85 bits per heavy atom. The van der Waals surface area contributed by atoms with E-state index < -0.39 is 29.1 Å². The number of rotatable bonds is 11. The second kappa shape index (κ2) is 14.9. The van der Waals surface area contributed by atoms with Crippen LogP contribution in [-0.4, -0.2) is 45.9 Å². The number of aliphatic imine (C=N–C) groups is 1. The summed E-state index contributed by atoms with van der Waals surface area (Å²) in [5, 5.41) is 19.7. The molecule has 9 N–H and O–H groups in total. The summed E-state index contributed by atoms with van der Waals surface area (Å²) in [6, 6.07) is 25.0. The molecule has 0 bridgehead atoms. The van der Waals surface area contributed by atoms with E-state index in [2.05, 4.69) is 10.3 Å². The average molecular weight is 534 g/mol. The molecule has 1 amide bonds. The van der Waals surface area contributed by atoms with Gasteiger partial charge in [0, 0.05) is 20.0 Å². The van der Waals surface area contributed by atoms with Gasteiger partial charge in [-0.2, -0.15) is 0 Å². The Hall–Kier alpha value is -4.70. The van der Waals surface area contributed by atoms with Crippen molar-refractivity contribution in [1.29, 1.82) is 0 Å². The summed E-state index contributed by atoms with van der Waals surface area (Å²) >= 11 is 0. The van der Waals surface area contributed by atoms with Gasteiger partial charge in [0.2, 0.25) is 5.91 Å². The molecule has 0 heterocycles. The quantitative estimate of drug-likeness (QED) is 0.0934. The predicted molar refractivity (Wildman–Crippen MR) is 150 cm³/mol. The maximum absolute atomic E-state index is 14.1. The standard InChI is InChI=1S/C27H31N5O3.C2H4O2/c28-26(29)31-17-7-16-27(30,25(35)32-18-19-12-14-22(33)15-13-19)24(34)23(20-8-3-1-4-9-20)21-10-5-2-6-11-21;1-2(3)4/h1-6,8-15,23,33H,7,16-18,30H2,(H,32,35)(H4,28,29,31);1H3,(H,3,4)/t27-;/m1./s1. The number of Topliss-reactive ketones (excluding diaryl/α,β-unsaturated/α-hetero) is 1. The number of aromatic hydroxyl groups is 1. The maximum Gasteiger partial charge on any atom is 0.300 e. The van der Waals surface area contributed by atoms with Crippen molar-refractivity contribution in [3.05, 3.63) is 102 Å². The number of hydrogen-bond acceptors (Lipinski definition) is 6. The number of amides is 1. The van der Waals surface area contributed by atoms with Gasteiger partial charge < -0.3 is 32.7 Å². The number of hydrogen-bond donors (Lipinski definition) is 6. The molecule has 0 saturated carbocycles. The van der Waals surface area contributed by atoms with Crippen molar-refractivity contribution in [3.8, 4) is 5.75 Å². The molecule has 0 unspecified atom stereocenters. The fourth-order valence-corrected chi connectivity index (χ4v) is 3.91. The molecule has 39 heavy (non-hydrogen) atoms. The molecule has 3 rings (SSSR count). The molecule has 0 radical (unpaired) electrons. The molecule has 0 aliphatic heterocycles. The van der Waals surface area contributed by atoms with Gasteiger partial charge in [-0.3, -0.25) is 19.4 Å². The lowest BCUT2D eigenvalue weighted by molar-refractivity contribution is -0.137. The smallest absolute Gasteiger partial charge is 0.300 e. The van der Waals surface area contributed by atoms with E-state index in [1.165, 1.54) is 12.1 Å². The molecule has 3 aromatic rings. The molecule has 206 valence electrons. The van der Waals surface area contributed by atoms with Gasteiger partial charge in [0.1, 0.15) is 5.75 Å². The van der Waals surface area contributed by atoms with Crippen molar-refractivity contribution in [1.82, 2.24) is 5.32 Å². The van der Waals surface area contributed by atoms with Gasteiger partial charge in [-0.15, -0.1) is 0 Å². The summed E-state index contributed by atoms with van der Waals surface area (Å²) in [7, 11) is 0. The number of benzene rings is 3. The number of ketones is 1. The molecular formula is C29H35N5O5. The number of aliphatic carboxylic acids is 1. The van der Waals surface area contributed by atoms with Crippen molar-refractivity contribution in [2.24, 2.45) is 22.2 Å². The Bertz CT molecular complexity index is 1200. The fourth-order valence-electron chi connectivity index (χ4n) is 3.91. The summed E-state index contributed by atoms with van der Waals surface area (Å²) in [6.07, 6.45) is 0.392. The van der Waals surface area contributed by atoms with Crippen LogP contribution in [0.3, 0.4) is 0 Å². The molecule has 3 aromatic carbocycles. The first-order chi connectivity index (χ1) is 18.5. The zero-order valence-corrected chi connectivity index (χ0v) is 21.8. The molecule has 0 aromatic heterocycles. The van der Waals surface area contributed by atoms with Crippen LogP contribution in [-0.2, 0) is 20.9 Å². The van der Waals surface area contributed by atoms with Crippen LogP contribution in [0.2, 0.25) is 0 Å². The molecule has 0 aliphatic rings. The van der Waals surface area contributed by atoms with E-state index in [1.807, 2.05) is 60.7 Å². The van der Waals surface area contributed by atoms with Crippen molar-refractivity contribution < 1.29 is 24.6 Å². The number of carbonyl (C=O) groups excluding carboxylic acids is 2. The van der Waals surface area contributed by atoms with Gasteiger partial charge in [0.05, 0.1) is 5.92 Å². The number of carboxylic acids is 1. The van der Waals surface area contributed by atoms with Crippen LogP contribution in [0.25, 0.3) is 0 Å². The lowest BCUT2D eigenvalue weighted by Gasteiger charge is -2.31. The van der Waals surface area contributed by atoms with Crippen LogP contribution < -0.4 is 22.5 Å². The van der Waals surface area contributed by atoms with Crippen LogP contribution in [0.15, 0.2) is 89.9 Å². The fraction of sp³-hybridized carbons (Fsp3) is 0.241. The van der Waals surface area contributed by atoms with Gasteiger partial charge in [-0.05, 0) is 41.7 Å². The van der Waals surface area contributed by atoms with Crippen LogP contribution >= 0.6 is 0 Å². The third-order valence-electron chi connectivity index (χ3n) is 5.79. The SMILES string of the molecule is CC(=O)O.NC(N)=NCCC[C@](N)(C(=O)NCc1ccc(O)cc1)C(=O)C(c1ccccc1)c1ccccc1. The molecule has 0 spiro atoms. The van der Waals surface area contributed by atoms with Crippen LogP contribution in [0.5, 0.6) is 5.75 Å². The highest BCUT2D eigenvalue weighted by molar-refractivity contribution is 6.13. The minimum absolute atomic E-state index is 0.0557. The highest BCUT2D eigenvalue weighted by atomic mass is 16.4. The first kappa shape index (κ1) is 30.5. The lowest BCUT2D eigenvalue weighted by atomic mass is 9.76. The van der Waals surface area contributed by atoms with Crippen LogP contribution in [0.4, 0.5) is 0 Å². The molecular weight excluding hydrogens is 498 g/mol. The Balaban J connectivity index is 0.00000124. The second-order valence-electron chi connectivity index (χ2n) is 8.87. The van der Waals surface area contributed by atoms with E-state index in [4.69, 9.17) is 27.1 Å². The van der Waals surface area contributed by atoms with E-state index >= 15 is 0 Å². The third kappa shape index (κ3) is 9.60. The van der Waals surface area contributed by atoms with Crippen LogP contribution in [0.1, 0.15) is 42.4 Å². The zero-order chi connectivity index (χ0) is 28.8. The Morgan fingerprint density at radius 2 is 1.38 bits per heavy atom. The summed E-state index contributed by atoms with van der Waals surface area (Å²) in [5.41, 5.74) is 17.9. The van der Waals surface area contributed by atoms with E-state index in [-0.39, 0.29) is 31.2 Å². The molecule has 0 aliphatic carbocycles. The van der Waals surface area contributed by atoms with Crippen LogP contribution in [0, 0.1) is 0 Å². The number of phenols is 1. The number of carbonyl (C=O) groups is 3. The number of phenolic OH excluding ortho intramolecular Hbond substituents is 1. The van der Waals surface area contributed by atoms with Crippen molar-refractivity contribution >= 4 is 23.6 Å². The highest BCUT2D eigenvalue weighted by Crippen LogP contribution is 2.31. The normalized spacial score (nSPS) is 11.9. The predicted octanol–water partition coefficient (Wildman–Crippen LogP) is 2.25. The molecule has 10 nitrogen and oxygen atoms in total. The second-order valence-corrected chi connectivity index (χ2v) is 8.87. The topological polar surface area (TPSA) is 194 Å². The number of carboxylic acid groups (broad SMARTS) is 1. The number of guanidine groups is 1. The minimum Gasteiger partial charge on any atom is -0.508 e. The van der Waals surface area contributed by atoms with Gasteiger partial charge in [-0.1, -0.05) is 72.8 Å². The lowest BCUT2D eigenvalue weighted by Crippen LogP contribution is -2.61. The van der Waals surface area contributed by atoms with E-state index in [0.717, 1.165) is 23.6 Å². The van der Waals surface area contributed by atoms with Gasteiger partial charge >= 0.3 is 0 Å². The summed E-state index contributed by atoms with van der Waals surface area (Å²) in [6.45, 7) is 1.47. The Morgan fingerprint density at radius 1 is 0.897 bits per heavy atom. The zero-order valence-electron chi connectivity index (χ0n) is 21.8. The largest absolute Gasteiger partial charge is 0.508 e. The Labute approximate surface area is 227 Å². The number of nitrogens with one attached hydrogen (secondary N) is 1. The summed E-state index contributed by atoms with van der Waals surface area (Å²) < 4.78 is 0. The first-order valence-corrected chi connectivity index (χ1v) is 12.3. The minimum atomic E-state index is -1.83.